The standard InChI is InChI=1S/C17H16BrNO5/c1-3-23-15-9-13(14(19(21)22)10-16(15)24-4-2)17(20)11-6-5-7-12(18)8-11/h5-10H,3-4H2,1-2H3. The van der Waals surface area contributed by atoms with E-state index in [1.165, 1.54) is 12.1 Å². The highest BCUT2D eigenvalue weighted by Crippen LogP contribution is 2.36. The number of carbonyl (C=O) groups is 1. The number of ether oxygens (including phenoxy) is 2. The van der Waals surface area contributed by atoms with E-state index in [9.17, 15) is 14.9 Å². The Morgan fingerprint density at radius 3 is 2.29 bits per heavy atom. The van der Waals surface area contributed by atoms with Crippen LogP contribution in [0.15, 0.2) is 40.9 Å². The molecule has 0 spiro atoms. The molecular formula is C17H16BrNO5. The van der Waals surface area contributed by atoms with Crippen LogP contribution in [0.3, 0.4) is 0 Å². The fourth-order valence-corrected chi connectivity index (χ4v) is 2.60. The molecular weight excluding hydrogens is 378 g/mol. The Labute approximate surface area is 147 Å². The highest BCUT2D eigenvalue weighted by atomic mass is 79.9. The second-order valence-corrected chi connectivity index (χ2v) is 5.69. The number of nitro benzene ring substituents is 1. The van der Waals surface area contributed by atoms with E-state index in [0.717, 1.165) is 0 Å². The van der Waals surface area contributed by atoms with Gasteiger partial charge in [-0.15, -0.1) is 0 Å². The van der Waals surface area contributed by atoms with Crippen LogP contribution >= 0.6 is 15.9 Å². The van der Waals surface area contributed by atoms with Crippen molar-refractivity contribution in [3.05, 3.63) is 62.1 Å². The molecule has 0 unspecified atom stereocenters. The van der Waals surface area contributed by atoms with Gasteiger partial charge < -0.3 is 9.47 Å². The van der Waals surface area contributed by atoms with E-state index in [1.807, 2.05) is 0 Å². The van der Waals surface area contributed by atoms with Crippen LogP contribution < -0.4 is 9.47 Å². The lowest BCUT2D eigenvalue weighted by atomic mass is 10.0. The predicted octanol–water partition coefficient (Wildman–Crippen LogP) is 4.39. The minimum absolute atomic E-state index is 0.0370. The summed E-state index contributed by atoms with van der Waals surface area (Å²) in [5, 5.41) is 11.4. The van der Waals surface area contributed by atoms with Gasteiger partial charge >= 0.3 is 0 Å². The molecule has 2 aromatic rings. The van der Waals surface area contributed by atoms with E-state index in [-0.39, 0.29) is 17.0 Å². The van der Waals surface area contributed by atoms with Crippen LogP contribution in [0.25, 0.3) is 0 Å². The molecule has 0 aromatic heterocycles. The zero-order valence-corrected chi connectivity index (χ0v) is 14.8. The number of ketones is 1. The summed E-state index contributed by atoms with van der Waals surface area (Å²) in [6.07, 6.45) is 0. The van der Waals surface area contributed by atoms with Gasteiger partial charge in [0.15, 0.2) is 17.3 Å². The van der Waals surface area contributed by atoms with Gasteiger partial charge in [-0.05, 0) is 26.0 Å². The molecule has 0 saturated heterocycles. The molecule has 126 valence electrons. The van der Waals surface area contributed by atoms with E-state index < -0.39 is 10.7 Å². The third kappa shape index (κ3) is 3.91. The number of rotatable bonds is 7. The molecule has 0 atom stereocenters. The molecule has 0 heterocycles. The van der Waals surface area contributed by atoms with E-state index in [2.05, 4.69) is 15.9 Å². The third-order valence-corrected chi connectivity index (χ3v) is 3.68. The normalized spacial score (nSPS) is 10.3. The largest absolute Gasteiger partial charge is 0.490 e. The maximum absolute atomic E-state index is 12.7. The molecule has 2 rings (SSSR count). The smallest absolute Gasteiger partial charge is 0.284 e. The minimum Gasteiger partial charge on any atom is -0.490 e. The predicted molar refractivity (Wildman–Crippen MR) is 93.0 cm³/mol. The molecule has 24 heavy (non-hydrogen) atoms. The lowest BCUT2D eigenvalue weighted by Gasteiger charge is -2.12. The Hall–Kier alpha value is -2.41. The summed E-state index contributed by atoms with van der Waals surface area (Å²) in [6.45, 7) is 4.23. The number of carbonyl (C=O) groups excluding carboxylic acids is 1. The fourth-order valence-electron chi connectivity index (χ4n) is 2.20. The lowest BCUT2D eigenvalue weighted by Crippen LogP contribution is -2.08. The van der Waals surface area contributed by atoms with Gasteiger partial charge in [-0.3, -0.25) is 14.9 Å². The van der Waals surface area contributed by atoms with Gasteiger partial charge in [-0.1, -0.05) is 28.1 Å². The number of halogens is 1. The quantitative estimate of drug-likeness (QED) is 0.396. The zero-order valence-electron chi connectivity index (χ0n) is 13.2. The van der Waals surface area contributed by atoms with Crippen molar-refractivity contribution in [2.75, 3.05) is 13.2 Å². The summed E-state index contributed by atoms with van der Waals surface area (Å²) in [6, 6.07) is 9.29. The molecule has 6 nitrogen and oxygen atoms in total. The molecule has 0 aliphatic carbocycles. The number of nitro groups is 1. The summed E-state index contributed by atoms with van der Waals surface area (Å²) in [5.74, 6) is 0.104. The van der Waals surface area contributed by atoms with Gasteiger partial charge in [-0.25, -0.2) is 0 Å². The van der Waals surface area contributed by atoms with E-state index in [1.54, 1.807) is 38.1 Å². The van der Waals surface area contributed by atoms with Crippen molar-refractivity contribution in [1.29, 1.82) is 0 Å². The molecule has 0 radical (unpaired) electrons. The van der Waals surface area contributed by atoms with Crippen LogP contribution in [-0.2, 0) is 0 Å². The molecule has 7 heteroatoms. The summed E-state index contributed by atoms with van der Waals surface area (Å²) in [7, 11) is 0. The molecule has 0 fully saturated rings. The fraction of sp³-hybridized carbons (Fsp3) is 0.235. The second-order valence-electron chi connectivity index (χ2n) is 4.78. The van der Waals surface area contributed by atoms with Crippen LogP contribution in [-0.4, -0.2) is 23.9 Å². The van der Waals surface area contributed by atoms with Crippen molar-refractivity contribution < 1.29 is 19.2 Å². The Bertz CT molecular complexity index is 776. The molecule has 0 bridgehead atoms. The van der Waals surface area contributed by atoms with Gasteiger partial charge in [0.05, 0.1) is 24.2 Å². The van der Waals surface area contributed by atoms with Crippen molar-refractivity contribution in [3.8, 4) is 11.5 Å². The first kappa shape index (κ1) is 17.9. The lowest BCUT2D eigenvalue weighted by molar-refractivity contribution is -0.385. The highest BCUT2D eigenvalue weighted by Gasteiger charge is 2.25. The number of hydrogen-bond donors (Lipinski definition) is 0. The van der Waals surface area contributed by atoms with Crippen molar-refractivity contribution in [3.63, 3.8) is 0 Å². The third-order valence-electron chi connectivity index (χ3n) is 3.19. The zero-order chi connectivity index (χ0) is 17.7. The van der Waals surface area contributed by atoms with Gasteiger partial charge in [0.1, 0.15) is 5.56 Å². The average Bonchev–Trinajstić information content (AvgIpc) is 2.55. The van der Waals surface area contributed by atoms with Crippen LogP contribution in [0.1, 0.15) is 29.8 Å². The molecule has 0 N–H and O–H groups in total. The van der Waals surface area contributed by atoms with E-state index in [4.69, 9.17) is 9.47 Å². The number of nitrogens with zero attached hydrogens (tertiary/aromatic N) is 1. The topological polar surface area (TPSA) is 78.7 Å². The number of benzene rings is 2. The van der Waals surface area contributed by atoms with E-state index >= 15 is 0 Å². The van der Waals surface area contributed by atoms with E-state index in [0.29, 0.717) is 29.0 Å². The highest BCUT2D eigenvalue weighted by molar-refractivity contribution is 9.10. The molecule has 2 aromatic carbocycles. The first-order valence-corrected chi connectivity index (χ1v) is 8.15. The monoisotopic (exact) mass is 393 g/mol. The van der Waals surface area contributed by atoms with Crippen LogP contribution in [0.5, 0.6) is 11.5 Å². The Balaban J connectivity index is 2.60. The van der Waals surface area contributed by atoms with Crippen LogP contribution in [0.2, 0.25) is 0 Å². The van der Waals surface area contributed by atoms with Gasteiger partial charge in [0.25, 0.3) is 5.69 Å². The Kier molecular flexibility index (Phi) is 5.92. The summed E-state index contributed by atoms with van der Waals surface area (Å²) in [5.41, 5.74) is -0.00374. The first-order valence-electron chi connectivity index (χ1n) is 7.36. The van der Waals surface area contributed by atoms with Crippen molar-refractivity contribution in [2.45, 2.75) is 13.8 Å². The maximum Gasteiger partial charge on any atom is 0.284 e. The Morgan fingerprint density at radius 2 is 1.75 bits per heavy atom. The summed E-state index contributed by atoms with van der Waals surface area (Å²) in [4.78, 5) is 23.5. The molecule has 0 aliphatic heterocycles. The SMILES string of the molecule is CCOc1cc(C(=O)c2cccc(Br)c2)c([N+](=O)[O-])cc1OCC. The van der Waals surface area contributed by atoms with Crippen molar-refractivity contribution in [1.82, 2.24) is 0 Å². The molecule has 0 aliphatic rings. The van der Waals surface area contributed by atoms with Crippen molar-refractivity contribution in [2.24, 2.45) is 0 Å². The second kappa shape index (κ2) is 7.92. The Morgan fingerprint density at radius 1 is 1.12 bits per heavy atom. The van der Waals surface area contributed by atoms with Gasteiger partial charge in [0.2, 0.25) is 0 Å². The van der Waals surface area contributed by atoms with Crippen LogP contribution in [0.4, 0.5) is 5.69 Å². The molecule has 0 saturated carbocycles. The molecule has 0 amide bonds. The minimum atomic E-state index is -0.594. The first-order chi connectivity index (χ1) is 11.5. The van der Waals surface area contributed by atoms with Gasteiger partial charge in [-0.2, -0.15) is 0 Å². The summed E-state index contributed by atoms with van der Waals surface area (Å²) >= 11 is 3.29. The van der Waals surface area contributed by atoms with Crippen LogP contribution in [0, 0.1) is 10.1 Å². The summed E-state index contributed by atoms with van der Waals surface area (Å²) < 4.78 is 11.6. The average molecular weight is 394 g/mol. The van der Waals surface area contributed by atoms with Crippen molar-refractivity contribution >= 4 is 27.4 Å². The van der Waals surface area contributed by atoms with Gasteiger partial charge in [0, 0.05) is 16.1 Å². The number of hydrogen-bond acceptors (Lipinski definition) is 5. The maximum atomic E-state index is 12.7.